The molecule has 1 N–H and O–H groups in total. The molecule has 2 heterocycles. The van der Waals surface area contributed by atoms with Gasteiger partial charge in [0.1, 0.15) is 5.75 Å². The number of benzene rings is 2. The number of anilines is 2. The Morgan fingerprint density at radius 2 is 1.81 bits per heavy atom. The summed E-state index contributed by atoms with van der Waals surface area (Å²) in [5.74, 6) is 0.751. The van der Waals surface area contributed by atoms with Crippen LogP contribution >= 0.6 is 11.6 Å². The van der Waals surface area contributed by atoms with Gasteiger partial charge in [-0.15, -0.1) is 0 Å². The zero-order chi connectivity index (χ0) is 22.5. The van der Waals surface area contributed by atoms with Gasteiger partial charge in [0.05, 0.1) is 23.6 Å². The van der Waals surface area contributed by atoms with Crippen LogP contribution in [-0.2, 0) is 0 Å². The number of amides is 2. The highest BCUT2D eigenvalue weighted by Crippen LogP contribution is 2.30. The van der Waals surface area contributed by atoms with E-state index >= 15 is 0 Å². The number of furan rings is 1. The fourth-order valence-corrected chi connectivity index (χ4v) is 3.92. The van der Waals surface area contributed by atoms with Crippen molar-refractivity contribution in [2.45, 2.75) is 6.92 Å². The summed E-state index contributed by atoms with van der Waals surface area (Å²) in [5, 5.41) is 3.41. The molecule has 0 spiro atoms. The first-order valence-corrected chi connectivity index (χ1v) is 10.8. The van der Waals surface area contributed by atoms with Crippen LogP contribution in [0.5, 0.6) is 5.75 Å². The van der Waals surface area contributed by atoms with Crippen LogP contribution in [0.4, 0.5) is 11.4 Å². The third-order valence-electron chi connectivity index (χ3n) is 5.27. The number of carbonyl (C=O) groups is 2. The van der Waals surface area contributed by atoms with Crippen LogP contribution in [0.2, 0.25) is 5.02 Å². The number of hydrogen-bond acceptors (Lipinski definition) is 5. The van der Waals surface area contributed by atoms with E-state index in [9.17, 15) is 9.59 Å². The van der Waals surface area contributed by atoms with Gasteiger partial charge in [-0.2, -0.15) is 0 Å². The Bertz CT molecular complexity index is 1080. The molecule has 32 heavy (non-hydrogen) atoms. The summed E-state index contributed by atoms with van der Waals surface area (Å²) < 4.78 is 10.6. The summed E-state index contributed by atoms with van der Waals surface area (Å²) in [6.07, 6.45) is 1.50. The molecule has 1 fully saturated rings. The van der Waals surface area contributed by atoms with Gasteiger partial charge in [-0.3, -0.25) is 9.59 Å². The highest BCUT2D eigenvalue weighted by molar-refractivity contribution is 6.33. The van der Waals surface area contributed by atoms with Crippen LogP contribution in [0.25, 0.3) is 0 Å². The van der Waals surface area contributed by atoms with Gasteiger partial charge in [0.2, 0.25) is 0 Å². The number of piperazine rings is 1. The number of hydrogen-bond donors (Lipinski definition) is 1. The summed E-state index contributed by atoms with van der Waals surface area (Å²) in [7, 11) is 0. The summed E-state index contributed by atoms with van der Waals surface area (Å²) in [6.45, 7) is 4.95. The lowest BCUT2D eigenvalue weighted by atomic mass is 10.2. The molecule has 0 bridgehead atoms. The second-order valence-electron chi connectivity index (χ2n) is 7.33. The lowest BCUT2D eigenvalue weighted by molar-refractivity contribution is 0.0714. The highest BCUT2D eigenvalue weighted by atomic mass is 35.5. The predicted octanol–water partition coefficient (Wildman–Crippen LogP) is 4.55. The van der Waals surface area contributed by atoms with Crippen molar-refractivity contribution in [2.24, 2.45) is 0 Å². The summed E-state index contributed by atoms with van der Waals surface area (Å²) in [6, 6.07) is 15.8. The van der Waals surface area contributed by atoms with Crippen molar-refractivity contribution >= 4 is 34.8 Å². The van der Waals surface area contributed by atoms with Crippen molar-refractivity contribution in [3.63, 3.8) is 0 Å². The molecule has 0 atom stereocenters. The molecule has 1 aliphatic rings. The largest absolute Gasteiger partial charge is 0.494 e. The average Bonchev–Trinajstić information content (AvgIpc) is 3.35. The van der Waals surface area contributed by atoms with Crippen LogP contribution < -0.4 is 15.0 Å². The first-order valence-electron chi connectivity index (χ1n) is 10.5. The van der Waals surface area contributed by atoms with Gasteiger partial charge in [0, 0.05) is 37.4 Å². The number of rotatable bonds is 6. The molecule has 4 rings (SSSR count). The molecule has 0 aliphatic carbocycles. The predicted molar refractivity (Wildman–Crippen MR) is 124 cm³/mol. The van der Waals surface area contributed by atoms with E-state index in [-0.39, 0.29) is 11.8 Å². The Balaban J connectivity index is 1.36. The fraction of sp³-hybridized carbons (Fsp3) is 0.250. The maximum absolute atomic E-state index is 12.5. The van der Waals surface area contributed by atoms with E-state index in [1.165, 1.54) is 6.26 Å². The zero-order valence-corrected chi connectivity index (χ0v) is 18.5. The second kappa shape index (κ2) is 9.78. The van der Waals surface area contributed by atoms with Gasteiger partial charge < -0.3 is 24.3 Å². The normalized spacial score (nSPS) is 13.7. The molecule has 0 saturated carbocycles. The second-order valence-corrected chi connectivity index (χ2v) is 7.74. The molecule has 3 aromatic rings. The minimum Gasteiger partial charge on any atom is -0.494 e. The van der Waals surface area contributed by atoms with Crippen molar-refractivity contribution in [1.29, 1.82) is 0 Å². The Kier molecular flexibility index (Phi) is 6.66. The van der Waals surface area contributed by atoms with Crippen LogP contribution in [-0.4, -0.2) is 49.5 Å². The molecule has 166 valence electrons. The first-order chi connectivity index (χ1) is 15.5. The Morgan fingerprint density at radius 1 is 1.06 bits per heavy atom. The maximum Gasteiger partial charge on any atom is 0.289 e. The van der Waals surface area contributed by atoms with Gasteiger partial charge in [-0.25, -0.2) is 0 Å². The van der Waals surface area contributed by atoms with E-state index in [0.717, 1.165) is 11.4 Å². The van der Waals surface area contributed by atoms with Crippen molar-refractivity contribution in [2.75, 3.05) is 43.0 Å². The molecule has 0 radical (unpaired) electrons. The van der Waals surface area contributed by atoms with Gasteiger partial charge in [-0.05, 0) is 61.5 Å². The quantitative estimate of drug-likeness (QED) is 0.592. The molecule has 7 nitrogen and oxygen atoms in total. The Morgan fingerprint density at radius 3 is 2.44 bits per heavy atom. The molecule has 1 aliphatic heterocycles. The van der Waals surface area contributed by atoms with E-state index in [1.54, 1.807) is 47.4 Å². The Hall–Kier alpha value is -3.45. The third-order valence-corrected chi connectivity index (χ3v) is 5.58. The summed E-state index contributed by atoms with van der Waals surface area (Å²) in [5.41, 5.74) is 2.02. The van der Waals surface area contributed by atoms with E-state index in [0.29, 0.717) is 54.8 Å². The van der Waals surface area contributed by atoms with E-state index in [2.05, 4.69) is 10.2 Å². The number of nitrogens with one attached hydrogen (secondary N) is 1. The summed E-state index contributed by atoms with van der Waals surface area (Å²) >= 11 is 6.52. The van der Waals surface area contributed by atoms with Gasteiger partial charge in [0.15, 0.2) is 5.76 Å². The monoisotopic (exact) mass is 453 g/mol. The third kappa shape index (κ3) is 4.89. The van der Waals surface area contributed by atoms with Gasteiger partial charge >= 0.3 is 0 Å². The lowest BCUT2D eigenvalue weighted by Gasteiger charge is -2.36. The zero-order valence-electron chi connectivity index (χ0n) is 17.7. The standard InChI is InChI=1S/C24H24ClN3O4/c1-2-31-19-8-5-17(6-9-19)23(29)26-18-7-10-21(20(25)16-18)27-11-13-28(14-12-27)24(30)22-4-3-15-32-22/h3-10,15-16H,2,11-14H2,1H3,(H,26,29). The smallest absolute Gasteiger partial charge is 0.289 e. The fourth-order valence-electron chi connectivity index (χ4n) is 3.62. The summed E-state index contributed by atoms with van der Waals surface area (Å²) in [4.78, 5) is 28.9. The SMILES string of the molecule is CCOc1ccc(C(=O)Nc2ccc(N3CCN(C(=O)c4ccco4)CC3)c(Cl)c2)cc1. The number of nitrogens with zero attached hydrogens (tertiary/aromatic N) is 2. The molecular formula is C24H24ClN3O4. The van der Waals surface area contributed by atoms with E-state index in [1.807, 2.05) is 19.1 Å². The molecule has 2 aromatic carbocycles. The van der Waals surface area contributed by atoms with Gasteiger partial charge in [-0.1, -0.05) is 11.6 Å². The van der Waals surface area contributed by atoms with Crippen LogP contribution in [0.3, 0.4) is 0 Å². The van der Waals surface area contributed by atoms with E-state index in [4.69, 9.17) is 20.8 Å². The minimum absolute atomic E-state index is 0.104. The molecule has 2 amide bonds. The first kappa shape index (κ1) is 21.8. The minimum atomic E-state index is -0.220. The van der Waals surface area contributed by atoms with Crippen LogP contribution in [0.1, 0.15) is 27.8 Å². The molecule has 1 saturated heterocycles. The molecule has 8 heteroatoms. The Labute approximate surface area is 191 Å². The van der Waals surface area contributed by atoms with Crippen molar-refractivity contribution in [1.82, 2.24) is 4.90 Å². The average molecular weight is 454 g/mol. The van der Waals surface area contributed by atoms with Crippen molar-refractivity contribution < 1.29 is 18.7 Å². The van der Waals surface area contributed by atoms with Crippen molar-refractivity contribution in [3.05, 3.63) is 77.2 Å². The number of ether oxygens (including phenoxy) is 1. The maximum atomic E-state index is 12.5. The number of carbonyl (C=O) groups excluding carboxylic acids is 2. The lowest BCUT2D eigenvalue weighted by Crippen LogP contribution is -2.48. The van der Waals surface area contributed by atoms with Crippen LogP contribution in [0.15, 0.2) is 65.3 Å². The topological polar surface area (TPSA) is 75.0 Å². The number of halogens is 1. The molecule has 0 unspecified atom stereocenters. The van der Waals surface area contributed by atoms with Crippen molar-refractivity contribution in [3.8, 4) is 5.75 Å². The molecular weight excluding hydrogens is 430 g/mol. The van der Waals surface area contributed by atoms with Crippen LogP contribution in [0, 0.1) is 0 Å². The van der Waals surface area contributed by atoms with E-state index < -0.39 is 0 Å². The molecule has 1 aromatic heterocycles. The highest BCUT2D eigenvalue weighted by Gasteiger charge is 2.24. The van der Waals surface area contributed by atoms with Gasteiger partial charge in [0.25, 0.3) is 11.8 Å².